The Morgan fingerprint density at radius 2 is 2.00 bits per heavy atom. The largest absolute Gasteiger partial charge is 0.320 e. The van der Waals surface area contributed by atoms with Crippen LogP contribution in [-0.4, -0.2) is 0 Å². The summed E-state index contributed by atoms with van der Waals surface area (Å²) in [6.07, 6.45) is 6.60. The molecule has 2 heteroatoms. The second kappa shape index (κ2) is 3.83. The molecule has 2 N–H and O–H groups in total. The predicted molar refractivity (Wildman–Crippen MR) is 74.0 cm³/mol. The molecule has 1 unspecified atom stereocenters. The third-order valence-electron chi connectivity index (χ3n) is 5.87. The average Bonchev–Trinajstić information content (AvgIpc) is 3.06. The fourth-order valence-corrected chi connectivity index (χ4v) is 6.04. The van der Waals surface area contributed by atoms with Gasteiger partial charge < -0.3 is 5.73 Å². The smallest absolute Gasteiger partial charge is 0.0591 e. The maximum Gasteiger partial charge on any atom is 0.0591 e. The van der Waals surface area contributed by atoms with Crippen molar-refractivity contribution in [3.63, 3.8) is 0 Å². The molecule has 2 saturated carbocycles. The Labute approximate surface area is 108 Å². The minimum Gasteiger partial charge on any atom is -0.320 e. The quantitative estimate of drug-likeness (QED) is 0.856. The van der Waals surface area contributed by atoms with E-state index in [9.17, 15) is 0 Å². The zero-order chi connectivity index (χ0) is 12.1. The van der Waals surface area contributed by atoms with E-state index < -0.39 is 0 Å². The first kappa shape index (κ1) is 11.7. The Hall–Kier alpha value is -0.340. The van der Waals surface area contributed by atoms with Crippen molar-refractivity contribution < 1.29 is 0 Å². The van der Waals surface area contributed by atoms with Gasteiger partial charge in [-0.3, -0.25) is 0 Å². The second-order valence-electron chi connectivity index (χ2n) is 5.92. The zero-order valence-corrected chi connectivity index (χ0v) is 11.7. The van der Waals surface area contributed by atoms with E-state index in [-0.39, 0.29) is 5.54 Å². The van der Waals surface area contributed by atoms with Crippen LogP contribution in [-0.2, 0) is 5.54 Å². The lowest BCUT2D eigenvalue weighted by Crippen LogP contribution is -2.55. The summed E-state index contributed by atoms with van der Waals surface area (Å²) in [5.41, 5.74) is 7.35. The molecule has 1 nitrogen and oxygen atoms in total. The van der Waals surface area contributed by atoms with Gasteiger partial charge in [-0.2, -0.15) is 0 Å². The summed E-state index contributed by atoms with van der Waals surface area (Å²) in [7, 11) is 0. The highest BCUT2D eigenvalue weighted by molar-refractivity contribution is 7.10. The fraction of sp³-hybridized carbons (Fsp3) is 0.733. The molecule has 1 aromatic rings. The van der Waals surface area contributed by atoms with Gasteiger partial charge in [-0.25, -0.2) is 0 Å². The van der Waals surface area contributed by atoms with Crippen molar-refractivity contribution in [1.82, 2.24) is 0 Å². The number of rotatable bonds is 3. The summed E-state index contributed by atoms with van der Waals surface area (Å²) < 4.78 is 0. The summed E-state index contributed by atoms with van der Waals surface area (Å²) >= 11 is 1.87. The third-order valence-corrected chi connectivity index (χ3v) is 6.89. The Morgan fingerprint density at radius 3 is 2.59 bits per heavy atom. The summed E-state index contributed by atoms with van der Waals surface area (Å²) in [5, 5.41) is 2.19. The monoisotopic (exact) mass is 249 g/mol. The summed E-state index contributed by atoms with van der Waals surface area (Å²) in [6, 6.07) is 4.43. The fourth-order valence-electron chi connectivity index (χ4n) is 5.01. The van der Waals surface area contributed by atoms with Crippen molar-refractivity contribution in [2.45, 2.75) is 51.5 Å². The maximum atomic E-state index is 7.02. The van der Waals surface area contributed by atoms with Crippen LogP contribution in [0.1, 0.15) is 50.8 Å². The molecule has 1 aromatic heterocycles. The van der Waals surface area contributed by atoms with Crippen LogP contribution in [0.4, 0.5) is 0 Å². The molecule has 2 bridgehead atoms. The maximum absolute atomic E-state index is 7.02. The Bertz CT molecular complexity index is 393. The predicted octanol–water partition coefficient (Wildman–Crippen LogP) is 4.14. The summed E-state index contributed by atoms with van der Waals surface area (Å²) in [6.45, 7) is 4.69. The van der Waals surface area contributed by atoms with Crippen LogP contribution in [0.25, 0.3) is 0 Å². The number of hydrogen-bond acceptors (Lipinski definition) is 2. The van der Waals surface area contributed by atoms with Gasteiger partial charge in [0.2, 0.25) is 0 Å². The van der Waals surface area contributed by atoms with Crippen LogP contribution in [0.15, 0.2) is 17.5 Å². The van der Waals surface area contributed by atoms with Crippen LogP contribution in [0.5, 0.6) is 0 Å². The number of hydrogen-bond donors (Lipinski definition) is 1. The van der Waals surface area contributed by atoms with E-state index in [1.54, 1.807) is 0 Å². The van der Waals surface area contributed by atoms with Crippen LogP contribution in [0.2, 0.25) is 0 Å². The minimum atomic E-state index is -0.0341. The molecule has 3 rings (SSSR count). The molecule has 3 atom stereocenters. The highest BCUT2D eigenvalue weighted by Crippen LogP contribution is 2.67. The highest BCUT2D eigenvalue weighted by atomic mass is 32.1. The van der Waals surface area contributed by atoms with Crippen molar-refractivity contribution in [2.24, 2.45) is 23.0 Å². The van der Waals surface area contributed by atoms with Crippen molar-refractivity contribution in [1.29, 1.82) is 0 Å². The lowest BCUT2D eigenvalue weighted by Gasteiger charge is -2.50. The van der Waals surface area contributed by atoms with Crippen LogP contribution in [0.3, 0.4) is 0 Å². The average molecular weight is 249 g/mol. The van der Waals surface area contributed by atoms with Gasteiger partial charge in [-0.15, -0.1) is 11.3 Å². The molecule has 2 fully saturated rings. The number of fused-ring (bicyclic) bond motifs is 2. The molecule has 17 heavy (non-hydrogen) atoms. The van der Waals surface area contributed by atoms with Gasteiger partial charge in [0.05, 0.1) is 5.54 Å². The zero-order valence-electron chi connectivity index (χ0n) is 10.9. The van der Waals surface area contributed by atoms with Gasteiger partial charge in [0, 0.05) is 4.88 Å². The topological polar surface area (TPSA) is 26.0 Å². The SMILES string of the molecule is CCC1(CC)[C@H]2CCC(C2)[C@]1(N)c1cccs1. The van der Waals surface area contributed by atoms with Gasteiger partial charge in [-0.1, -0.05) is 19.9 Å². The van der Waals surface area contributed by atoms with E-state index >= 15 is 0 Å². The molecule has 0 aromatic carbocycles. The Morgan fingerprint density at radius 1 is 1.29 bits per heavy atom. The highest BCUT2D eigenvalue weighted by Gasteiger charge is 2.64. The molecular weight excluding hydrogens is 226 g/mol. The van der Waals surface area contributed by atoms with E-state index in [0.29, 0.717) is 5.41 Å². The van der Waals surface area contributed by atoms with Gasteiger partial charge in [0.1, 0.15) is 0 Å². The molecule has 0 amide bonds. The van der Waals surface area contributed by atoms with Gasteiger partial charge in [0.15, 0.2) is 0 Å². The molecule has 94 valence electrons. The third kappa shape index (κ3) is 1.23. The molecule has 0 aliphatic heterocycles. The van der Waals surface area contributed by atoms with E-state index in [1.165, 1.54) is 37.0 Å². The molecule has 0 saturated heterocycles. The van der Waals surface area contributed by atoms with E-state index in [4.69, 9.17) is 5.73 Å². The molecule has 0 spiro atoms. The first-order chi connectivity index (χ1) is 8.19. The normalized spacial score (nSPS) is 38.8. The Kier molecular flexibility index (Phi) is 2.64. The summed E-state index contributed by atoms with van der Waals surface area (Å²) in [5.74, 6) is 1.60. The van der Waals surface area contributed by atoms with Crippen LogP contribution in [0, 0.1) is 17.3 Å². The van der Waals surface area contributed by atoms with Gasteiger partial charge >= 0.3 is 0 Å². The lowest BCUT2D eigenvalue weighted by atomic mass is 9.58. The second-order valence-corrected chi connectivity index (χ2v) is 6.86. The van der Waals surface area contributed by atoms with Crippen LogP contribution >= 0.6 is 11.3 Å². The van der Waals surface area contributed by atoms with E-state index in [0.717, 1.165) is 11.8 Å². The first-order valence-electron chi connectivity index (χ1n) is 7.02. The molecule has 2 aliphatic rings. The van der Waals surface area contributed by atoms with Gasteiger partial charge in [0.25, 0.3) is 0 Å². The van der Waals surface area contributed by atoms with Crippen molar-refractivity contribution in [3.05, 3.63) is 22.4 Å². The van der Waals surface area contributed by atoms with Crippen molar-refractivity contribution in [2.75, 3.05) is 0 Å². The molecule has 0 radical (unpaired) electrons. The van der Waals surface area contributed by atoms with E-state index in [1.807, 2.05) is 11.3 Å². The molecular formula is C15H23NS. The van der Waals surface area contributed by atoms with Crippen molar-refractivity contribution >= 4 is 11.3 Å². The lowest BCUT2D eigenvalue weighted by molar-refractivity contribution is 0.0380. The Balaban J connectivity index is 2.13. The standard InChI is InChI=1S/C15H23NS/c1-3-14(4-2)11-7-8-12(10-11)15(14,16)13-6-5-9-17-13/h5-6,9,11-12H,3-4,7-8,10,16H2,1-2H3/t11-,12?,15-/m0/s1. The molecule has 2 aliphatic carbocycles. The number of nitrogens with two attached hydrogens (primary N) is 1. The minimum absolute atomic E-state index is 0.0341. The van der Waals surface area contributed by atoms with E-state index in [2.05, 4.69) is 31.4 Å². The molecule has 1 heterocycles. The number of thiophene rings is 1. The van der Waals surface area contributed by atoms with Crippen LogP contribution < -0.4 is 5.73 Å². The first-order valence-corrected chi connectivity index (χ1v) is 7.90. The van der Waals surface area contributed by atoms with Crippen molar-refractivity contribution in [3.8, 4) is 0 Å². The summed E-state index contributed by atoms with van der Waals surface area (Å²) in [4.78, 5) is 1.44. The van der Waals surface area contributed by atoms with Gasteiger partial charge in [-0.05, 0) is 60.8 Å².